The number of aliphatic imine (C=N–C) groups is 1. The molecule has 1 heterocycles. The predicted molar refractivity (Wildman–Crippen MR) is 52.2 cm³/mol. The molecule has 0 aromatic heterocycles. The van der Waals surface area contributed by atoms with Gasteiger partial charge < -0.3 is 0 Å². The molecule has 0 fully saturated rings. The van der Waals surface area contributed by atoms with Crippen molar-refractivity contribution in [2.24, 2.45) is 4.99 Å². The number of halogens is 3. The van der Waals surface area contributed by atoms with Crippen LogP contribution in [0.3, 0.4) is 0 Å². The Labute approximate surface area is 85.6 Å². The van der Waals surface area contributed by atoms with Crippen molar-refractivity contribution in [3.8, 4) is 0 Å². The van der Waals surface area contributed by atoms with Gasteiger partial charge in [0.2, 0.25) is 0 Å². The van der Waals surface area contributed by atoms with Gasteiger partial charge >= 0.3 is 6.18 Å². The molecule has 0 bridgehead atoms. The van der Waals surface area contributed by atoms with Gasteiger partial charge in [0.25, 0.3) is 0 Å². The number of rotatable bonds is 0. The molecule has 0 N–H and O–H groups in total. The molecule has 15 heavy (non-hydrogen) atoms. The quantitative estimate of drug-likeness (QED) is 0.628. The van der Waals surface area contributed by atoms with Gasteiger partial charge in [-0.1, -0.05) is 6.07 Å². The highest BCUT2D eigenvalue weighted by Gasteiger charge is 2.31. The van der Waals surface area contributed by atoms with Crippen LogP contribution in [0.5, 0.6) is 0 Å². The number of alkyl halides is 3. The highest BCUT2D eigenvalue weighted by atomic mass is 19.4. The lowest BCUT2D eigenvalue weighted by molar-refractivity contribution is -0.137. The molecule has 0 atom stereocenters. The molecule has 2 rings (SSSR count). The van der Waals surface area contributed by atoms with Crippen LogP contribution in [0.2, 0.25) is 0 Å². The van der Waals surface area contributed by atoms with Gasteiger partial charge in [-0.2, -0.15) is 13.2 Å². The molecule has 0 aliphatic carbocycles. The lowest BCUT2D eigenvalue weighted by atomic mass is 9.96. The van der Waals surface area contributed by atoms with Crippen molar-refractivity contribution in [3.05, 3.63) is 34.9 Å². The van der Waals surface area contributed by atoms with E-state index in [-0.39, 0.29) is 0 Å². The minimum absolute atomic E-state index is 0.599. The van der Waals surface area contributed by atoms with Crippen molar-refractivity contribution >= 4 is 5.71 Å². The van der Waals surface area contributed by atoms with Crippen molar-refractivity contribution in [2.45, 2.75) is 19.5 Å². The summed E-state index contributed by atoms with van der Waals surface area (Å²) in [6.45, 7) is 2.42. The number of fused-ring (bicyclic) bond motifs is 1. The van der Waals surface area contributed by atoms with Gasteiger partial charge in [-0.25, -0.2) is 0 Å². The summed E-state index contributed by atoms with van der Waals surface area (Å²) in [5, 5.41) is 0. The summed E-state index contributed by atoms with van der Waals surface area (Å²) in [5.41, 5.74) is 1.69. The SMILES string of the molecule is CC1=NCCc2ccc(C(F)(F)F)cc21. The summed E-state index contributed by atoms with van der Waals surface area (Å²) in [4.78, 5) is 4.14. The Balaban J connectivity index is 2.51. The minimum Gasteiger partial charge on any atom is -0.289 e. The standard InChI is InChI=1S/C11H10F3N/c1-7-10-6-9(11(12,13)14)3-2-8(10)4-5-15-7/h2-3,6H,4-5H2,1H3. The molecular weight excluding hydrogens is 203 g/mol. The molecule has 80 valence electrons. The first kappa shape index (κ1) is 10.2. The smallest absolute Gasteiger partial charge is 0.289 e. The van der Waals surface area contributed by atoms with E-state index in [9.17, 15) is 13.2 Å². The van der Waals surface area contributed by atoms with Crippen LogP contribution in [0.15, 0.2) is 23.2 Å². The van der Waals surface area contributed by atoms with E-state index in [1.165, 1.54) is 6.07 Å². The van der Waals surface area contributed by atoms with E-state index in [4.69, 9.17) is 0 Å². The minimum atomic E-state index is -4.27. The molecule has 1 nitrogen and oxygen atoms in total. The molecule has 0 saturated heterocycles. The molecule has 0 unspecified atom stereocenters. The van der Waals surface area contributed by atoms with Crippen LogP contribution in [0.25, 0.3) is 0 Å². The molecule has 0 saturated carbocycles. The zero-order valence-corrected chi connectivity index (χ0v) is 8.23. The highest BCUT2D eigenvalue weighted by Crippen LogP contribution is 2.31. The summed E-state index contributed by atoms with van der Waals surface area (Å²) in [6, 6.07) is 3.88. The van der Waals surface area contributed by atoms with Gasteiger partial charge in [-0.05, 0) is 36.6 Å². The summed E-state index contributed by atoms with van der Waals surface area (Å²) in [6.07, 6.45) is -3.54. The van der Waals surface area contributed by atoms with E-state index in [2.05, 4.69) is 4.99 Å². The zero-order chi connectivity index (χ0) is 11.1. The Hall–Kier alpha value is -1.32. The second-order valence-corrected chi connectivity index (χ2v) is 3.59. The first-order valence-electron chi connectivity index (χ1n) is 4.70. The third kappa shape index (κ3) is 1.89. The molecule has 0 radical (unpaired) electrons. The molecule has 1 aliphatic heterocycles. The van der Waals surface area contributed by atoms with E-state index in [1.807, 2.05) is 0 Å². The maximum absolute atomic E-state index is 12.4. The number of benzene rings is 1. The van der Waals surface area contributed by atoms with E-state index >= 15 is 0 Å². The summed E-state index contributed by atoms with van der Waals surface area (Å²) < 4.78 is 37.3. The average Bonchev–Trinajstić information content (AvgIpc) is 2.16. The Morgan fingerprint density at radius 3 is 2.67 bits per heavy atom. The van der Waals surface area contributed by atoms with Crippen LogP contribution >= 0.6 is 0 Å². The van der Waals surface area contributed by atoms with E-state index in [1.54, 1.807) is 13.0 Å². The molecular formula is C11H10F3N. The Morgan fingerprint density at radius 1 is 1.27 bits per heavy atom. The van der Waals surface area contributed by atoms with Gasteiger partial charge in [0.05, 0.1) is 5.56 Å². The van der Waals surface area contributed by atoms with Gasteiger partial charge in [-0.15, -0.1) is 0 Å². The van der Waals surface area contributed by atoms with Crippen molar-refractivity contribution in [1.29, 1.82) is 0 Å². The van der Waals surface area contributed by atoms with Gasteiger partial charge in [-0.3, -0.25) is 4.99 Å². The highest BCUT2D eigenvalue weighted by molar-refractivity contribution is 6.00. The fourth-order valence-electron chi connectivity index (χ4n) is 1.74. The number of nitrogens with zero attached hydrogens (tertiary/aromatic N) is 1. The predicted octanol–water partition coefficient (Wildman–Crippen LogP) is 3.07. The number of hydrogen-bond acceptors (Lipinski definition) is 1. The third-order valence-electron chi connectivity index (χ3n) is 2.56. The van der Waals surface area contributed by atoms with Gasteiger partial charge in [0.1, 0.15) is 0 Å². The maximum atomic E-state index is 12.4. The molecule has 4 heteroatoms. The van der Waals surface area contributed by atoms with E-state index in [0.717, 1.165) is 18.1 Å². The lowest BCUT2D eigenvalue weighted by Crippen LogP contribution is -2.13. The molecule has 0 amide bonds. The Kier molecular flexibility index (Phi) is 2.29. The first-order chi connectivity index (χ1) is 6.98. The van der Waals surface area contributed by atoms with Crippen LogP contribution < -0.4 is 0 Å². The first-order valence-corrected chi connectivity index (χ1v) is 4.70. The molecule has 1 aromatic rings. The van der Waals surface area contributed by atoms with Crippen LogP contribution in [0, 0.1) is 0 Å². The Bertz CT molecular complexity index is 418. The molecule has 1 aromatic carbocycles. The van der Waals surface area contributed by atoms with Crippen molar-refractivity contribution in [3.63, 3.8) is 0 Å². The van der Waals surface area contributed by atoms with Gasteiger partial charge in [0, 0.05) is 12.3 Å². The summed E-state index contributed by atoms with van der Waals surface area (Å²) in [7, 11) is 0. The van der Waals surface area contributed by atoms with Crippen molar-refractivity contribution < 1.29 is 13.2 Å². The number of hydrogen-bond donors (Lipinski definition) is 0. The van der Waals surface area contributed by atoms with E-state index in [0.29, 0.717) is 17.8 Å². The largest absolute Gasteiger partial charge is 0.416 e. The fourth-order valence-corrected chi connectivity index (χ4v) is 1.74. The summed E-state index contributed by atoms with van der Waals surface area (Å²) >= 11 is 0. The van der Waals surface area contributed by atoms with Crippen molar-refractivity contribution in [2.75, 3.05) is 6.54 Å². The average molecular weight is 213 g/mol. The lowest BCUT2D eigenvalue weighted by Gasteiger charge is -2.16. The van der Waals surface area contributed by atoms with Crippen LogP contribution in [-0.4, -0.2) is 12.3 Å². The van der Waals surface area contributed by atoms with E-state index < -0.39 is 11.7 Å². The van der Waals surface area contributed by atoms with Crippen LogP contribution in [0.1, 0.15) is 23.6 Å². The fraction of sp³-hybridized carbons (Fsp3) is 0.364. The maximum Gasteiger partial charge on any atom is 0.416 e. The van der Waals surface area contributed by atoms with Gasteiger partial charge in [0.15, 0.2) is 0 Å². The normalized spacial score (nSPS) is 15.9. The monoisotopic (exact) mass is 213 g/mol. The Morgan fingerprint density at radius 2 is 2.00 bits per heavy atom. The van der Waals surface area contributed by atoms with Crippen LogP contribution in [0.4, 0.5) is 13.2 Å². The van der Waals surface area contributed by atoms with Crippen LogP contribution in [-0.2, 0) is 12.6 Å². The zero-order valence-electron chi connectivity index (χ0n) is 8.23. The third-order valence-corrected chi connectivity index (χ3v) is 2.56. The molecule has 0 spiro atoms. The second-order valence-electron chi connectivity index (χ2n) is 3.59. The second kappa shape index (κ2) is 3.36. The molecule has 1 aliphatic rings. The summed E-state index contributed by atoms with van der Waals surface area (Å²) in [5.74, 6) is 0. The van der Waals surface area contributed by atoms with Crippen molar-refractivity contribution in [1.82, 2.24) is 0 Å². The topological polar surface area (TPSA) is 12.4 Å².